The van der Waals surface area contributed by atoms with E-state index >= 15 is 0 Å². The first-order valence-corrected chi connectivity index (χ1v) is 7.89. The SMILES string of the molecule is CCCNC(c1cc(Br)ccc1F)c1scnc1C. The van der Waals surface area contributed by atoms with E-state index in [0.717, 1.165) is 28.0 Å². The van der Waals surface area contributed by atoms with Crippen molar-refractivity contribution < 1.29 is 4.39 Å². The number of benzene rings is 1. The van der Waals surface area contributed by atoms with E-state index in [1.807, 2.05) is 13.0 Å². The first kappa shape index (κ1) is 14.6. The molecule has 1 aromatic carbocycles. The number of hydrogen-bond acceptors (Lipinski definition) is 3. The molecule has 2 aromatic rings. The van der Waals surface area contributed by atoms with Crippen molar-refractivity contribution >= 4 is 27.3 Å². The van der Waals surface area contributed by atoms with Crippen LogP contribution in [0.3, 0.4) is 0 Å². The summed E-state index contributed by atoms with van der Waals surface area (Å²) in [5, 5.41) is 3.41. The number of halogens is 2. The van der Waals surface area contributed by atoms with Crippen LogP contribution in [-0.4, -0.2) is 11.5 Å². The summed E-state index contributed by atoms with van der Waals surface area (Å²) in [4.78, 5) is 5.34. The minimum absolute atomic E-state index is 0.134. The lowest BCUT2D eigenvalue weighted by Gasteiger charge is -2.19. The molecule has 0 spiro atoms. The first-order valence-electron chi connectivity index (χ1n) is 6.21. The Morgan fingerprint density at radius 1 is 1.47 bits per heavy atom. The van der Waals surface area contributed by atoms with Crippen molar-refractivity contribution in [2.75, 3.05) is 6.54 Å². The molecular formula is C14H16BrFN2S. The Morgan fingerprint density at radius 3 is 2.89 bits per heavy atom. The summed E-state index contributed by atoms with van der Waals surface area (Å²) in [6.07, 6.45) is 1.00. The monoisotopic (exact) mass is 342 g/mol. The Balaban J connectivity index is 2.42. The first-order chi connectivity index (χ1) is 9.13. The molecule has 0 aliphatic carbocycles. The molecule has 1 atom stereocenters. The van der Waals surface area contributed by atoms with Crippen LogP contribution in [0.15, 0.2) is 28.2 Å². The van der Waals surface area contributed by atoms with Crippen LogP contribution < -0.4 is 5.32 Å². The molecule has 1 N–H and O–H groups in total. The number of thiazole rings is 1. The van der Waals surface area contributed by atoms with E-state index in [-0.39, 0.29) is 11.9 Å². The van der Waals surface area contributed by atoms with Crippen molar-refractivity contribution in [1.29, 1.82) is 0 Å². The summed E-state index contributed by atoms with van der Waals surface area (Å²) in [7, 11) is 0. The summed E-state index contributed by atoms with van der Waals surface area (Å²) in [6.45, 7) is 4.90. The smallest absolute Gasteiger partial charge is 0.128 e. The van der Waals surface area contributed by atoms with Gasteiger partial charge in [0, 0.05) is 14.9 Å². The number of aryl methyl sites for hydroxylation is 1. The molecule has 19 heavy (non-hydrogen) atoms. The molecule has 5 heteroatoms. The maximum Gasteiger partial charge on any atom is 0.128 e. The van der Waals surface area contributed by atoms with E-state index < -0.39 is 0 Å². The molecule has 0 bridgehead atoms. The van der Waals surface area contributed by atoms with Crippen LogP contribution in [-0.2, 0) is 0 Å². The fourth-order valence-electron chi connectivity index (χ4n) is 1.96. The quantitative estimate of drug-likeness (QED) is 0.868. The fourth-order valence-corrected chi connectivity index (χ4v) is 3.23. The van der Waals surface area contributed by atoms with Crippen LogP contribution in [0, 0.1) is 12.7 Å². The van der Waals surface area contributed by atoms with Crippen LogP contribution >= 0.6 is 27.3 Å². The Morgan fingerprint density at radius 2 is 2.26 bits per heavy atom. The van der Waals surface area contributed by atoms with Gasteiger partial charge in [0.05, 0.1) is 17.2 Å². The second-order valence-corrected chi connectivity index (χ2v) is 6.16. The van der Waals surface area contributed by atoms with Gasteiger partial charge in [-0.3, -0.25) is 0 Å². The zero-order chi connectivity index (χ0) is 13.8. The molecule has 0 aliphatic rings. The Labute approximate surface area is 125 Å². The molecule has 2 nitrogen and oxygen atoms in total. The lowest BCUT2D eigenvalue weighted by atomic mass is 10.0. The van der Waals surface area contributed by atoms with E-state index in [1.54, 1.807) is 22.9 Å². The average Bonchev–Trinajstić information content (AvgIpc) is 2.80. The number of nitrogens with one attached hydrogen (secondary N) is 1. The van der Waals surface area contributed by atoms with E-state index in [9.17, 15) is 4.39 Å². The molecule has 2 rings (SSSR count). The highest BCUT2D eigenvalue weighted by Gasteiger charge is 2.21. The zero-order valence-corrected chi connectivity index (χ0v) is 13.3. The summed E-state index contributed by atoms with van der Waals surface area (Å²) in [6, 6.07) is 4.91. The summed E-state index contributed by atoms with van der Waals surface area (Å²) in [5.74, 6) is -0.190. The molecule has 0 saturated carbocycles. The van der Waals surface area contributed by atoms with E-state index in [0.29, 0.717) is 5.56 Å². The van der Waals surface area contributed by atoms with Gasteiger partial charge >= 0.3 is 0 Å². The van der Waals surface area contributed by atoms with Crippen LogP contribution in [0.1, 0.15) is 35.5 Å². The fraction of sp³-hybridized carbons (Fsp3) is 0.357. The molecule has 0 saturated heterocycles. The molecule has 102 valence electrons. The third-order valence-corrected chi connectivity index (χ3v) is 4.40. The Bertz CT molecular complexity index is 556. The van der Waals surface area contributed by atoms with Crippen molar-refractivity contribution in [2.45, 2.75) is 26.3 Å². The van der Waals surface area contributed by atoms with Crippen molar-refractivity contribution in [2.24, 2.45) is 0 Å². The van der Waals surface area contributed by atoms with Crippen molar-refractivity contribution in [3.63, 3.8) is 0 Å². The highest BCUT2D eigenvalue weighted by atomic mass is 79.9. The number of hydrogen-bond donors (Lipinski definition) is 1. The van der Waals surface area contributed by atoms with Crippen molar-refractivity contribution in [1.82, 2.24) is 10.3 Å². The van der Waals surface area contributed by atoms with E-state index in [4.69, 9.17) is 0 Å². The van der Waals surface area contributed by atoms with Gasteiger partial charge in [0.1, 0.15) is 5.82 Å². The van der Waals surface area contributed by atoms with Gasteiger partial charge in [0.25, 0.3) is 0 Å². The standard InChI is InChI=1S/C14H16BrFN2S/c1-3-6-17-13(14-9(2)18-8-19-14)11-7-10(15)4-5-12(11)16/h4-5,7-8,13,17H,3,6H2,1-2H3. The second kappa shape index (κ2) is 6.59. The summed E-state index contributed by atoms with van der Waals surface area (Å²) >= 11 is 4.97. The van der Waals surface area contributed by atoms with Crippen LogP contribution in [0.5, 0.6) is 0 Å². The number of aromatic nitrogens is 1. The average molecular weight is 343 g/mol. The van der Waals surface area contributed by atoms with E-state index in [1.165, 1.54) is 6.07 Å². The maximum atomic E-state index is 14.1. The molecule has 1 heterocycles. The Kier molecular flexibility index (Phi) is 5.07. The summed E-state index contributed by atoms with van der Waals surface area (Å²) < 4.78 is 15.0. The third-order valence-electron chi connectivity index (χ3n) is 2.91. The van der Waals surface area contributed by atoms with Gasteiger partial charge in [-0.05, 0) is 38.1 Å². The lowest BCUT2D eigenvalue weighted by molar-refractivity contribution is 0.549. The number of rotatable bonds is 5. The molecular weight excluding hydrogens is 327 g/mol. The summed E-state index contributed by atoms with van der Waals surface area (Å²) in [5.41, 5.74) is 3.43. The van der Waals surface area contributed by atoms with Gasteiger partial charge in [0.15, 0.2) is 0 Å². The second-order valence-electron chi connectivity index (χ2n) is 4.35. The third kappa shape index (κ3) is 3.41. The van der Waals surface area contributed by atoms with Gasteiger partial charge < -0.3 is 5.32 Å². The minimum atomic E-state index is -0.190. The Hall–Kier alpha value is -0.780. The molecule has 1 unspecified atom stereocenters. The zero-order valence-electron chi connectivity index (χ0n) is 10.9. The minimum Gasteiger partial charge on any atom is -0.305 e. The molecule has 0 radical (unpaired) electrons. The van der Waals surface area contributed by atoms with Crippen molar-refractivity contribution in [3.8, 4) is 0 Å². The molecule has 1 aromatic heterocycles. The highest BCUT2D eigenvalue weighted by Crippen LogP contribution is 2.31. The maximum absolute atomic E-state index is 14.1. The van der Waals surface area contributed by atoms with Crippen molar-refractivity contribution in [3.05, 3.63) is 50.1 Å². The van der Waals surface area contributed by atoms with Gasteiger partial charge in [-0.25, -0.2) is 9.37 Å². The largest absolute Gasteiger partial charge is 0.305 e. The normalized spacial score (nSPS) is 12.6. The molecule has 0 fully saturated rings. The topological polar surface area (TPSA) is 24.9 Å². The predicted molar refractivity (Wildman–Crippen MR) is 81.1 cm³/mol. The van der Waals surface area contributed by atoms with E-state index in [2.05, 4.69) is 33.2 Å². The van der Waals surface area contributed by atoms with Crippen LogP contribution in [0.25, 0.3) is 0 Å². The van der Waals surface area contributed by atoms with Gasteiger partial charge in [0.2, 0.25) is 0 Å². The van der Waals surface area contributed by atoms with Gasteiger partial charge in [-0.2, -0.15) is 0 Å². The van der Waals surface area contributed by atoms with Gasteiger partial charge in [-0.15, -0.1) is 11.3 Å². The molecule has 0 amide bonds. The van der Waals surface area contributed by atoms with Crippen LogP contribution in [0.4, 0.5) is 4.39 Å². The van der Waals surface area contributed by atoms with Gasteiger partial charge in [-0.1, -0.05) is 22.9 Å². The predicted octanol–water partition coefficient (Wildman–Crippen LogP) is 4.44. The molecule has 0 aliphatic heterocycles. The number of nitrogens with zero attached hydrogens (tertiary/aromatic N) is 1. The lowest BCUT2D eigenvalue weighted by Crippen LogP contribution is -2.24. The van der Waals surface area contributed by atoms with Crippen LogP contribution in [0.2, 0.25) is 0 Å². The highest BCUT2D eigenvalue weighted by molar-refractivity contribution is 9.10.